The number of aromatic carboxylic acids is 1. The molecule has 1 aromatic heterocycles. The minimum Gasteiger partial charge on any atom is -0.477 e. The summed E-state index contributed by atoms with van der Waals surface area (Å²) in [5, 5.41) is 11.9. The summed E-state index contributed by atoms with van der Waals surface area (Å²) in [5.74, 6) is -0.788. The Bertz CT molecular complexity index is 622. The van der Waals surface area contributed by atoms with Crippen LogP contribution in [0.25, 0.3) is 0 Å². The van der Waals surface area contributed by atoms with Crippen molar-refractivity contribution in [2.75, 3.05) is 11.6 Å². The molecule has 1 aliphatic rings. The second-order valence-corrected chi connectivity index (χ2v) is 6.34. The number of carbonyl (C=O) groups excluding carboxylic acids is 2. The fraction of sp³-hybridized carbons (Fsp3) is 0.467. The molecule has 2 amide bonds. The molecule has 0 aromatic carbocycles. The zero-order valence-electron chi connectivity index (χ0n) is 13.0. The molecule has 0 bridgehead atoms. The van der Waals surface area contributed by atoms with Crippen LogP contribution in [-0.4, -0.2) is 56.5 Å². The average Bonchev–Trinajstić information content (AvgIpc) is 3.03. The van der Waals surface area contributed by atoms with Gasteiger partial charge in [-0.15, -0.1) is 11.8 Å². The number of aromatic nitrogens is 1. The second-order valence-electron chi connectivity index (χ2n) is 5.34. The number of pyridine rings is 1. The lowest BCUT2D eigenvalue weighted by Crippen LogP contribution is -2.49. The molecule has 7 nitrogen and oxygen atoms in total. The number of hydrogen-bond donors (Lipinski definition) is 2. The van der Waals surface area contributed by atoms with Gasteiger partial charge in [-0.3, -0.25) is 9.59 Å². The Morgan fingerprint density at radius 1 is 1.52 bits per heavy atom. The normalized spacial score (nSPS) is 18.5. The maximum Gasteiger partial charge on any atom is 0.354 e. The van der Waals surface area contributed by atoms with Crippen molar-refractivity contribution in [3.05, 3.63) is 29.6 Å². The third-order valence-electron chi connectivity index (χ3n) is 3.67. The quantitative estimate of drug-likeness (QED) is 0.838. The predicted octanol–water partition coefficient (Wildman–Crippen LogP) is 1.21. The van der Waals surface area contributed by atoms with E-state index >= 15 is 0 Å². The first-order valence-corrected chi connectivity index (χ1v) is 8.48. The highest BCUT2D eigenvalue weighted by molar-refractivity contribution is 7.99. The number of hydrogen-bond acceptors (Lipinski definition) is 5. The number of rotatable bonds is 5. The van der Waals surface area contributed by atoms with Crippen molar-refractivity contribution in [1.29, 1.82) is 0 Å². The Morgan fingerprint density at radius 3 is 2.91 bits per heavy atom. The van der Waals surface area contributed by atoms with Gasteiger partial charge in [-0.05, 0) is 25.5 Å². The van der Waals surface area contributed by atoms with Crippen LogP contribution >= 0.6 is 11.8 Å². The average molecular weight is 337 g/mol. The molecule has 2 atom stereocenters. The zero-order chi connectivity index (χ0) is 17.0. The molecule has 0 spiro atoms. The number of carboxylic acid groups (broad SMARTS) is 1. The highest BCUT2D eigenvalue weighted by Gasteiger charge is 2.35. The van der Waals surface area contributed by atoms with Gasteiger partial charge in [-0.2, -0.15) is 0 Å². The molecule has 2 unspecified atom stereocenters. The summed E-state index contributed by atoms with van der Waals surface area (Å²) in [6.07, 6.45) is 2.10. The Morgan fingerprint density at radius 2 is 2.26 bits per heavy atom. The van der Waals surface area contributed by atoms with Crippen LogP contribution in [0.5, 0.6) is 0 Å². The van der Waals surface area contributed by atoms with Crippen molar-refractivity contribution in [3.63, 3.8) is 0 Å². The summed E-state index contributed by atoms with van der Waals surface area (Å²) < 4.78 is 0. The molecule has 1 saturated heterocycles. The number of nitrogens with one attached hydrogen (secondary N) is 1. The number of carbonyl (C=O) groups is 3. The van der Waals surface area contributed by atoms with Gasteiger partial charge in [0.05, 0.1) is 5.88 Å². The Hall–Kier alpha value is -2.09. The van der Waals surface area contributed by atoms with Gasteiger partial charge in [0.15, 0.2) is 0 Å². The first-order chi connectivity index (χ1) is 10.9. The van der Waals surface area contributed by atoms with E-state index in [1.807, 2.05) is 13.8 Å². The van der Waals surface area contributed by atoms with E-state index in [0.717, 1.165) is 6.42 Å². The number of amides is 2. The van der Waals surface area contributed by atoms with E-state index in [4.69, 9.17) is 5.11 Å². The molecular formula is C15H19N3O4S. The van der Waals surface area contributed by atoms with E-state index in [9.17, 15) is 14.4 Å². The molecule has 1 aromatic rings. The Kier molecular flexibility index (Phi) is 5.59. The lowest BCUT2D eigenvalue weighted by atomic mass is 10.1. The van der Waals surface area contributed by atoms with Crippen molar-refractivity contribution in [2.45, 2.75) is 32.4 Å². The molecule has 2 rings (SSSR count). The first kappa shape index (κ1) is 17.3. The van der Waals surface area contributed by atoms with Gasteiger partial charge in [0, 0.05) is 23.6 Å². The van der Waals surface area contributed by atoms with E-state index in [2.05, 4.69) is 10.3 Å². The molecule has 2 heterocycles. The fourth-order valence-electron chi connectivity index (χ4n) is 2.15. The maximum absolute atomic E-state index is 12.6. The van der Waals surface area contributed by atoms with E-state index in [1.54, 1.807) is 0 Å². The maximum atomic E-state index is 12.6. The Labute approximate surface area is 138 Å². The van der Waals surface area contributed by atoms with E-state index in [0.29, 0.717) is 11.6 Å². The van der Waals surface area contributed by atoms with Crippen molar-refractivity contribution in [3.8, 4) is 0 Å². The molecule has 1 aliphatic heterocycles. The first-order valence-electron chi connectivity index (χ1n) is 7.32. The molecule has 0 radical (unpaired) electrons. The molecule has 1 fully saturated rings. The topological polar surface area (TPSA) is 99.6 Å². The highest BCUT2D eigenvalue weighted by atomic mass is 32.2. The van der Waals surface area contributed by atoms with Crippen molar-refractivity contribution in [2.24, 2.45) is 0 Å². The molecule has 23 heavy (non-hydrogen) atoms. The highest BCUT2D eigenvalue weighted by Crippen LogP contribution is 2.23. The lowest BCUT2D eigenvalue weighted by Gasteiger charge is -2.24. The Balaban J connectivity index is 2.16. The molecule has 124 valence electrons. The standard InChI is InChI=1S/C15H19N3O4S/c1-3-9(2)17-13(19)12-7-23-8-18(12)14(20)10-4-5-16-11(6-10)15(21)22/h4-6,9,12H,3,7-8H2,1-2H3,(H,17,19)(H,21,22). The van der Waals surface area contributed by atoms with Gasteiger partial charge < -0.3 is 15.3 Å². The van der Waals surface area contributed by atoms with Crippen LogP contribution in [0, 0.1) is 0 Å². The summed E-state index contributed by atoms with van der Waals surface area (Å²) in [5.41, 5.74) is 0.0320. The summed E-state index contributed by atoms with van der Waals surface area (Å²) in [4.78, 5) is 41.1. The smallest absolute Gasteiger partial charge is 0.354 e. The summed E-state index contributed by atoms with van der Waals surface area (Å²) in [7, 11) is 0. The largest absolute Gasteiger partial charge is 0.477 e. The van der Waals surface area contributed by atoms with E-state index in [1.165, 1.54) is 35.0 Å². The molecule has 8 heteroatoms. The summed E-state index contributed by atoms with van der Waals surface area (Å²) in [6, 6.07) is 2.20. The minimum absolute atomic E-state index is 0.0459. The van der Waals surface area contributed by atoms with Crippen LogP contribution in [0.1, 0.15) is 41.1 Å². The summed E-state index contributed by atoms with van der Waals surface area (Å²) in [6.45, 7) is 3.88. The number of carboxylic acids is 1. The van der Waals surface area contributed by atoms with Crippen LogP contribution in [0.4, 0.5) is 0 Å². The second kappa shape index (κ2) is 7.45. The van der Waals surface area contributed by atoms with Crippen LogP contribution in [0.15, 0.2) is 18.3 Å². The van der Waals surface area contributed by atoms with Crippen molar-refractivity contribution >= 4 is 29.5 Å². The van der Waals surface area contributed by atoms with Crippen molar-refractivity contribution < 1.29 is 19.5 Å². The van der Waals surface area contributed by atoms with Crippen molar-refractivity contribution in [1.82, 2.24) is 15.2 Å². The van der Waals surface area contributed by atoms with Crippen LogP contribution in [0.2, 0.25) is 0 Å². The van der Waals surface area contributed by atoms with Crippen LogP contribution in [-0.2, 0) is 4.79 Å². The molecule has 2 N–H and O–H groups in total. The minimum atomic E-state index is -1.19. The third kappa shape index (κ3) is 4.01. The monoisotopic (exact) mass is 337 g/mol. The molecular weight excluding hydrogens is 318 g/mol. The van der Waals surface area contributed by atoms with Gasteiger partial charge in [0.1, 0.15) is 11.7 Å². The molecule has 0 saturated carbocycles. The van der Waals surface area contributed by atoms with Gasteiger partial charge in [0.2, 0.25) is 5.91 Å². The summed E-state index contributed by atoms with van der Waals surface area (Å²) >= 11 is 1.50. The van der Waals surface area contributed by atoms with Gasteiger partial charge in [-0.1, -0.05) is 6.92 Å². The van der Waals surface area contributed by atoms with Gasteiger partial charge in [0.25, 0.3) is 5.91 Å². The van der Waals surface area contributed by atoms with Gasteiger partial charge >= 0.3 is 5.97 Å². The molecule has 0 aliphatic carbocycles. The third-order valence-corrected chi connectivity index (χ3v) is 4.69. The predicted molar refractivity (Wildman–Crippen MR) is 86.4 cm³/mol. The van der Waals surface area contributed by atoms with E-state index < -0.39 is 12.0 Å². The number of nitrogens with zero attached hydrogens (tertiary/aromatic N) is 2. The van der Waals surface area contributed by atoms with Gasteiger partial charge in [-0.25, -0.2) is 9.78 Å². The fourth-order valence-corrected chi connectivity index (χ4v) is 3.30. The van der Waals surface area contributed by atoms with Crippen LogP contribution < -0.4 is 5.32 Å². The zero-order valence-corrected chi connectivity index (χ0v) is 13.8. The SMILES string of the molecule is CCC(C)NC(=O)C1CSCN1C(=O)c1ccnc(C(=O)O)c1. The number of thioether (sulfide) groups is 1. The lowest BCUT2D eigenvalue weighted by molar-refractivity contribution is -0.125. The van der Waals surface area contributed by atoms with Crippen LogP contribution in [0.3, 0.4) is 0 Å². The van der Waals surface area contributed by atoms with E-state index in [-0.39, 0.29) is 29.1 Å².